The van der Waals surface area contributed by atoms with Gasteiger partial charge < -0.3 is 10.8 Å². The van der Waals surface area contributed by atoms with Crippen LogP contribution in [0.2, 0.25) is 0 Å². The quantitative estimate of drug-likeness (QED) is 0.595. The molecule has 1 atom stereocenters. The second-order valence-corrected chi connectivity index (χ2v) is 9.75. The van der Waals surface area contributed by atoms with E-state index < -0.39 is 17.6 Å². The molecular formula is C24H25N5O2S. The van der Waals surface area contributed by atoms with Crippen LogP contribution in [0, 0.1) is 32.6 Å². The normalized spacial score (nSPS) is 15.2. The fourth-order valence-electron chi connectivity index (χ4n) is 3.63. The summed E-state index contributed by atoms with van der Waals surface area (Å²) in [5.74, 6) is 6.47. The zero-order valence-corrected chi connectivity index (χ0v) is 19.5. The number of aliphatic imine (C=N–C) groups is 1. The van der Waals surface area contributed by atoms with Gasteiger partial charge in [-0.3, -0.25) is 14.4 Å². The molecule has 0 saturated heterocycles. The van der Waals surface area contributed by atoms with Gasteiger partial charge in [0.25, 0.3) is 0 Å². The minimum Gasteiger partial charge on any atom is -0.481 e. The highest BCUT2D eigenvalue weighted by atomic mass is 32.1. The summed E-state index contributed by atoms with van der Waals surface area (Å²) in [4.78, 5) is 17.7. The number of nitrogens with zero attached hydrogens (tertiary/aromatic N) is 4. The fourth-order valence-corrected chi connectivity index (χ4v) is 4.85. The number of carboxylic acids is 1. The standard InChI is InChI=1S/C24H25N5O2S/c1-13-14(2)32-23-20(13)21(17-8-6-16(7-9-17)10-11-24(4,5)25)26-18(12-19(30)31)22-28-27-15(3)29(22)23/h6-9,18H,12,25H2,1-5H3,(H,30,31). The summed E-state index contributed by atoms with van der Waals surface area (Å²) >= 11 is 1.64. The maximum absolute atomic E-state index is 11.6. The molecule has 1 aliphatic rings. The zero-order chi connectivity index (χ0) is 23.2. The Balaban J connectivity index is 1.90. The van der Waals surface area contributed by atoms with Gasteiger partial charge in [0.05, 0.1) is 17.7 Å². The van der Waals surface area contributed by atoms with Crippen molar-refractivity contribution in [3.8, 4) is 16.8 Å². The van der Waals surface area contributed by atoms with Crippen LogP contribution in [-0.4, -0.2) is 37.1 Å². The molecule has 32 heavy (non-hydrogen) atoms. The lowest BCUT2D eigenvalue weighted by Crippen LogP contribution is -2.29. The number of rotatable bonds is 3. The van der Waals surface area contributed by atoms with Gasteiger partial charge in [-0.2, -0.15) is 0 Å². The number of thiophene rings is 1. The smallest absolute Gasteiger partial charge is 0.306 e. The summed E-state index contributed by atoms with van der Waals surface area (Å²) in [6, 6.07) is 7.18. The third kappa shape index (κ3) is 4.09. The number of carbonyl (C=O) groups is 1. The van der Waals surface area contributed by atoms with Crippen LogP contribution in [0.4, 0.5) is 0 Å². The van der Waals surface area contributed by atoms with Crippen LogP contribution < -0.4 is 5.73 Å². The van der Waals surface area contributed by atoms with Crippen LogP contribution in [0.25, 0.3) is 5.00 Å². The second-order valence-electron chi connectivity index (χ2n) is 8.54. The van der Waals surface area contributed by atoms with Crippen LogP contribution in [-0.2, 0) is 4.79 Å². The minimum absolute atomic E-state index is 0.163. The fraction of sp³-hybridized carbons (Fsp3) is 0.333. The third-order valence-electron chi connectivity index (χ3n) is 5.29. The summed E-state index contributed by atoms with van der Waals surface area (Å²) < 4.78 is 1.95. The van der Waals surface area contributed by atoms with Gasteiger partial charge in [0, 0.05) is 21.6 Å². The molecule has 7 nitrogen and oxygen atoms in total. The predicted octanol–water partition coefficient (Wildman–Crippen LogP) is 3.71. The number of aliphatic carboxylic acids is 1. The average Bonchev–Trinajstić information content (AvgIpc) is 3.18. The lowest BCUT2D eigenvalue weighted by atomic mass is 9.98. The van der Waals surface area contributed by atoms with Gasteiger partial charge in [-0.15, -0.1) is 21.5 Å². The van der Waals surface area contributed by atoms with Crippen molar-refractivity contribution in [2.24, 2.45) is 10.7 Å². The topological polar surface area (TPSA) is 106 Å². The van der Waals surface area contributed by atoms with Crippen molar-refractivity contribution >= 4 is 23.0 Å². The van der Waals surface area contributed by atoms with E-state index in [9.17, 15) is 9.90 Å². The van der Waals surface area contributed by atoms with E-state index in [1.54, 1.807) is 11.3 Å². The summed E-state index contributed by atoms with van der Waals surface area (Å²) in [7, 11) is 0. The first-order valence-corrected chi connectivity index (χ1v) is 11.1. The monoisotopic (exact) mass is 447 g/mol. The average molecular weight is 448 g/mol. The van der Waals surface area contributed by atoms with Crippen LogP contribution >= 0.6 is 11.3 Å². The largest absolute Gasteiger partial charge is 0.481 e. The molecule has 2 aromatic heterocycles. The Bertz CT molecular complexity index is 1300. The molecule has 1 unspecified atom stereocenters. The van der Waals surface area contributed by atoms with Crippen molar-refractivity contribution in [2.75, 3.05) is 0 Å². The van der Waals surface area contributed by atoms with E-state index in [4.69, 9.17) is 10.7 Å². The lowest BCUT2D eigenvalue weighted by molar-refractivity contribution is -0.137. The van der Waals surface area contributed by atoms with E-state index in [0.29, 0.717) is 11.6 Å². The molecule has 0 saturated carbocycles. The molecule has 164 valence electrons. The Kier molecular flexibility index (Phi) is 5.49. The second kappa shape index (κ2) is 8.01. The number of hydrogen-bond acceptors (Lipinski definition) is 6. The molecule has 3 aromatic rings. The first-order valence-electron chi connectivity index (χ1n) is 10.3. The number of hydrogen-bond donors (Lipinski definition) is 2. The van der Waals surface area contributed by atoms with Crippen LogP contribution in [0.15, 0.2) is 29.3 Å². The summed E-state index contributed by atoms with van der Waals surface area (Å²) in [6.07, 6.45) is -0.163. The number of aromatic nitrogens is 3. The summed E-state index contributed by atoms with van der Waals surface area (Å²) in [6.45, 7) is 9.75. The van der Waals surface area contributed by atoms with Crippen molar-refractivity contribution in [1.82, 2.24) is 14.8 Å². The molecule has 3 heterocycles. The molecule has 4 rings (SSSR count). The maximum Gasteiger partial charge on any atom is 0.306 e. The highest BCUT2D eigenvalue weighted by Crippen LogP contribution is 2.39. The van der Waals surface area contributed by atoms with Gasteiger partial charge in [0.2, 0.25) is 0 Å². The first kappa shape index (κ1) is 21.9. The van der Waals surface area contributed by atoms with Gasteiger partial charge in [0.15, 0.2) is 5.82 Å². The van der Waals surface area contributed by atoms with E-state index in [2.05, 4.69) is 35.9 Å². The van der Waals surface area contributed by atoms with E-state index in [-0.39, 0.29) is 6.42 Å². The molecule has 8 heteroatoms. The minimum atomic E-state index is -0.932. The molecule has 1 aliphatic heterocycles. The number of benzene rings is 1. The van der Waals surface area contributed by atoms with Gasteiger partial charge >= 0.3 is 5.97 Å². The highest BCUT2D eigenvalue weighted by molar-refractivity contribution is 7.15. The van der Waals surface area contributed by atoms with Crippen molar-refractivity contribution < 1.29 is 9.90 Å². The van der Waals surface area contributed by atoms with Crippen molar-refractivity contribution in [2.45, 2.75) is 52.6 Å². The van der Waals surface area contributed by atoms with Gasteiger partial charge in [-0.25, -0.2) is 0 Å². The molecule has 3 N–H and O–H groups in total. The van der Waals surface area contributed by atoms with Crippen molar-refractivity contribution in [3.05, 3.63) is 63.0 Å². The zero-order valence-electron chi connectivity index (χ0n) is 18.7. The van der Waals surface area contributed by atoms with E-state index in [0.717, 1.165) is 33.0 Å². The Labute approximate surface area is 191 Å². The Morgan fingerprint density at radius 3 is 2.53 bits per heavy atom. The molecule has 0 aliphatic carbocycles. The van der Waals surface area contributed by atoms with Gasteiger partial charge in [-0.05, 0) is 52.3 Å². The maximum atomic E-state index is 11.6. The number of fused-ring (bicyclic) bond motifs is 3. The van der Waals surface area contributed by atoms with Crippen LogP contribution in [0.1, 0.15) is 65.1 Å². The van der Waals surface area contributed by atoms with E-state index in [1.165, 1.54) is 4.88 Å². The van der Waals surface area contributed by atoms with E-state index in [1.807, 2.05) is 49.6 Å². The van der Waals surface area contributed by atoms with Gasteiger partial charge in [-0.1, -0.05) is 24.0 Å². The molecule has 0 amide bonds. The van der Waals surface area contributed by atoms with Crippen LogP contribution in [0.3, 0.4) is 0 Å². The Morgan fingerprint density at radius 1 is 1.22 bits per heavy atom. The van der Waals surface area contributed by atoms with Crippen molar-refractivity contribution in [1.29, 1.82) is 0 Å². The van der Waals surface area contributed by atoms with Gasteiger partial charge in [0.1, 0.15) is 16.9 Å². The molecule has 0 spiro atoms. The molecule has 0 fully saturated rings. The third-order valence-corrected chi connectivity index (χ3v) is 6.49. The Hall–Kier alpha value is -3.28. The summed E-state index contributed by atoms with van der Waals surface area (Å²) in [5, 5.41) is 19.0. The molecule has 0 bridgehead atoms. The highest BCUT2D eigenvalue weighted by Gasteiger charge is 2.32. The first-order chi connectivity index (χ1) is 15.0. The Morgan fingerprint density at radius 2 is 1.91 bits per heavy atom. The summed E-state index contributed by atoms with van der Waals surface area (Å²) in [5.41, 5.74) is 10.0. The van der Waals surface area contributed by atoms with Crippen LogP contribution in [0.5, 0.6) is 0 Å². The number of carboxylic acid groups (broad SMARTS) is 1. The number of aryl methyl sites for hydroxylation is 2. The molecular weight excluding hydrogens is 422 g/mol. The van der Waals surface area contributed by atoms with E-state index >= 15 is 0 Å². The molecule has 0 radical (unpaired) electrons. The predicted molar refractivity (Wildman–Crippen MR) is 126 cm³/mol. The number of nitrogens with two attached hydrogens (primary N) is 1. The molecule has 1 aromatic carbocycles. The van der Waals surface area contributed by atoms with Crippen molar-refractivity contribution in [3.63, 3.8) is 0 Å². The SMILES string of the molecule is Cc1sc2c(c1C)C(c1ccc(C#CC(C)(C)N)cc1)=NC(CC(=O)O)c1nnc(C)n1-2. The lowest BCUT2D eigenvalue weighted by Gasteiger charge is -2.11.